The average molecular weight is 516 g/mol. The zero-order valence-corrected chi connectivity index (χ0v) is 20.9. The second-order valence-corrected chi connectivity index (χ2v) is 9.13. The van der Waals surface area contributed by atoms with Gasteiger partial charge in [-0.3, -0.25) is 14.6 Å². The van der Waals surface area contributed by atoms with Crippen molar-refractivity contribution in [3.05, 3.63) is 136 Å². The van der Waals surface area contributed by atoms with E-state index in [9.17, 15) is 14.0 Å². The van der Waals surface area contributed by atoms with E-state index in [1.165, 1.54) is 12.1 Å². The van der Waals surface area contributed by atoms with Gasteiger partial charge < -0.3 is 10.2 Å². The number of halogens is 2. The normalized spacial score (nSPS) is 11.5. The molecule has 0 spiro atoms. The first kappa shape index (κ1) is 26.0. The van der Waals surface area contributed by atoms with Gasteiger partial charge in [0.05, 0.1) is 18.7 Å². The summed E-state index contributed by atoms with van der Waals surface area (Å²) < 4.78 is 13.6. The standard InChI is InChI=1S/C30H27ClFN3O2/c31-25-13-9-23(10-14-25)19-29(36)35(21-24-11-15-26(32)16-12-24)28(18-22-6-2-1-3-7-22)30(37)34-20-27-8-4-5-17-33-27/h1-17,28H,18-21H2,(H,34,37)/t28-/m1/s1. The average Bonchev–Trinajstić information content (AvgIpc) is 2.92. The third-order valence-electron chi connectivity index (χ3n) is 5.98. The highest BCUT2D eigenvalue weighted by Crippen LogP contribution is 2.18. The number of aromatic nitrogens is 1. The lowest BCUT2D eigenvalue weighted by Crippen LogP contribution is -2.50. The van der Waals surface area contributed by atoms with Gasteiger partial charge in [-0.15, -0.1) is 0 Å². The fraction of sp³-hybridized carbons (Fsp3) is 0.167. The number of benzene rings is 3. The summed E-state index contributed by atoms with van der Waals surface area (Å²) in [6.07, 6.45) is 2.08. The van der Waals surface area contributed by atoms with E-state index in [0.717, 1.165) is 16.7 Å². The number of nitrogens with one attached hydrogen (secondary N) is 1. The Hall–Kier alpha value is -4.03. The monoisotopic (exact) mass is 515 g/mol. The van der Waals surface area contributed by atoms with Gasteiger partial charge in [-0.25, -0.2) is 4.39 Å². The molecule has 0 aliphatic rings. The van der Waals surface area contributed by atoms with Crippen molar-refractivity contribution < 1.29 is 14.0 Å². The molecule has 4 aromatic rings. The zero-order valence-electron chi connectivity index (χ0n) is 20.2. The Labute approximate surface area is 220 Å². The molecule has 0 bridgehead atoms. The minimum absolute atomic E-state index is 0.0944. The Morgan fingerprint density at radius 1 is 0.838 bits per heavy atom. The fourth-order valence-corrected chi connectivity index (χ4v) is 4.14. The van der Waals surface area contributed by atoms with Crippen LogP contribution in [-0.4, -0.2) is 27.7 Å². The van der Waals surface area contributed by atoms with Crippen molar-refractivity contribution in [1.29, 1.82) is 0 Å². The lowest BCUT2D eigenvalue weighted by atomic mass is 10.0. The molecule has 0 unspecified atom stereocenters. The maximum Gasteiger partial charge on any atom is 0.243 e. The molecule has 0 saturated heterocycles. The van der Waals surface area contributed by atoms with E-state index >= 15 is 0 Å². The van der Waals surface area contributed by atoms with Crippen molar-refractivity contribution in [2.24, 2.45) is 0 Å². The SMILES string of the molecule is O=C(NCc1ccccn1)[C@@H](Cc1ccccc1)N(Cc1ccc(F)cc1)C(=O)Cc1ccc(Cl)cc1. The molecule has 1 heterocycles. The quantitative estimate of drug-likeness (QED) is 0.309. The summed E-state index contributed by atoms with van der Waals surface area (Å²) in [7, 11) is 0. The summed E-state index contributed by atoms with van der Waals surface area (Å²) in [4.78, 5) is 33.1. The molecule has 1 atom stereocenters. The van der Waals surface area contributed by atoms with Gasteiger partial charge in [0, 0.05) is 24.2 Å². The largest absolute Gasteiger partial charge is 0.349 e. The summed E-state index contributed by atoms with van der Waals surface area (Å²) in [5, 5.41) is 3.53. The summed E-state index contributed by atoms with van der Waals surface area (Å²) in [6.45, 7) is 0.391. The minimum Gasteiger partial charge on any atom is -0.349 e. The van der Waals surface area contributed by atoms with Crippen LogP contribution in [0.5, 0.6) is 0 Å². The summed E-state index contributed by atoms with van der Waals surface area (Å²) in [6, 6.07) is 27.3. The number of hydrogen-bond donors (Lipinski definition) is 1. The maximum atomic E-state index is 13.7. The van der Waals surface area contributed by atoms with Crippen LogP contribution in [0.1, 0.15) is 22.4 Å². The predicted molar refractivity (Wildman–Crippen MR) is 142 cm³/mol. The molecule has 3 aromatic carbocycles. The number of pyridine rings is 1. The van der Waals surface area contributed by atoms with Crippen molar-refractivity contribution in [3.8, 4) is 0 Å². The van der Waals surface area contributed by atoms with Crippen LogP contribution in [-0.2, 0) is 35.5 Å². The smallest absolute Gasteiger partial charge is 0.243 e. The number of amides is 2. The molecule has 2 amide bonds. The van der Waals surface area contributed by atoms with E-state index in [-0.39, 0.29) is 37.1 Å². The van der Waals surface area contributed by atoms with Gasteiger partial charge >= 0.3 is 0 Å². The molecule has 0 saturated carbocycles. The molecule has 5 nitrogen and oxygen atoms in total. The molecule has 37 heavy (non-hydrogen) atoms. The minimum atomic E-state index is -0.795. The van der Waals surface area contributed by atoms with E-state index in [0.29, 0.717) is 17.1 Å². The molecule has 1 N–H and O–H groups in total. The van der Waals surface area contributed by atoms with Gasteiger partial charge in [-0.2, -0.15) is 0 Å². The molecule has 0 radical (unpaired) electrons. The van der Waals surface area contributed by atoms with Crippen molar-refractivity contribution in [2.45, 2.75) is 32.0 Å². The van der Waals surface area contributed by atoms with Crippen LogP contribution >= 0.6 is 11.6 Å². The highest BCUT2D eigenvalue weighted by atomic mass is 35.5. The molecule has 4 rings (SSSR count). The highest BCUT2D eigenvalue weighted by molar-refractivity contribution is 6.30. The van der Waals surface area contributed by atoms with Gasteiger partial charge in [0.15, 0.2) is 0 Å². The van der Waals surface area contributed by atoms with Crippen LogP contribution in [0.2, 0.25) is 5.02 Å². The van der Waals surface area contributed by atoms with Crippen molar-refractivity contribution in [1.82, 2.24) is 15.2 Å². The van der Waals surface area contributed by atoms with Crippen LogP contribution in [0.3, 0.4) is 0 Å². The van der Waals surface area contributed by atoms with E-state index in [1.807, 2.05) is 48.5 Å². The van der Waals surface area contributed by atoms with E-state index < -0.39 is 6.04 Å². The number of hydrogen-bond acceptors (Lipinski definition) is 3. The molecular formula is C30H27ClFN3O2. The van der Waals surface area contributed by atoms with Crippen LogP contribution in [0, 0.1) is 5.82 Å². The molecule has 0 fully saturated rings. The van der Waals surface area contributed by atoms with Gasteiger partial charge in [0.1, 0.15) is 11.9 Å². The Bertz CT molecular complexity index is 1300. The lowest BCUT2D eigenvalue weighted by Gasteiger charge is -2.31. The summed E-state index contributed by atoms with van der Waals surface area (Å²) >= 11 is 6.01. The van der Waals surface area contributed by atoms with Crippen LogP contribution in [0.15, 0.2) is 103 Å². The first-order valence-electron chi connectivity index (χ1n) is 12.0. The molecule has 1 aromatic heterocycles. The van der Waals surface area contributed by atoms with Crippen LogP contribution in [0.25, 0.3) is 0 Å². The summed E-state index contributed by atoms with van der Waals surface area (Å²) in [5.74, 6) is -0.877. The second kappa shape index (κ2) is 12.8. The maximum absolute atomic E-state index is 13.7. The lowest BCUT2D eigenvalue weighted by molar-refractivity contribution is -0.140. The topological polar surface area (TPSA) is 62.3 Å². The number of rotatable bonds is 10. The molecular weight excluding hydrogens is 489 g/mol. The fourth-order valence-electron chi connectivity index (χ4n) is 4.02. The van der Waals surface area contributed by atoms with E-state index in [1.54, 1.807) is 47.5 Å². The third kappa shape index (κ3) is 7.72. The Balaban J connectivity index is 1.64. The zero-order chi connectivity index (χ0) is 26.0. The molecule has 7 heteroatoms. The first-order chi connectivity index (χ1) is 18.0. The molecule has 0 aliphatic carbocycles. The van der Waals surface area contributed by atoms with Gasteiger partial charge in [-0.1, -0.05) is 72.3 Å². The Kier molecular flexibility index (Phi) is 9.00. The van der Waals surface area contributed by atoms with E-state index in [2.05, 4.69) is 10.3 Å². The summed E-state index contributed by atoms with van der Waals surface area (Å²) in [5.41, 5.74) is 3.14. The Morgan fingerprint density at radius 3 is 2.19 bits per heavy atom. The van der Waals surface area contributed by atoms with Gasteiger partial charge in [0.25, 0.3) is 0 Å². The third-order valence-corrected chi connectivity index (χ3v) is 6.23. The van der Waals surface area contributed by atoms with E-state index in [4.69, 9.17) is 11.6 Å². The van der Waals surface area contributed by atoms with Crippen LogP contribution in [0.4, 0.5) is 4.39 Å². The molecule has 0 aliphatic heterocycles. The highest BCUT2D eigenvalue weighted by Gasteiger charge is 2.30. The van der Waals surface area contributed by atoms with Crippen molar-refractivity contribution in [3.63, 3.8) is 0 Å². The van der Waals surface area contributed by atoms with Gasteiger partial charge in [0.2, 0.25) is 11.8 Å². The van der Waals surface area contributed by atoms with Crippen molar-refractivity contribution >= 4 is 23.4 Å². The first-order valence-corrected chi connectivity index (χ1v) is 12.4. The van der Waals surface area contributed by atoms with Crippen LogP contribution < -0.4 is 5.32 Å². The number of carbonyl (C=O) groups is 2. The predicted octanol–water partition coefficient (Wildman–Crippen LogP) is 5.37. The molecule has 188 valence electrons. The number of nitrogens with zero attached hydrogens (tertiary/aromatic N) is 2. The Morgan fingerprint density at radius 2 is 1.51 bits per heavy atom. The second-order valence-electron chi connectivity index (χ2n) is 8.70. The van der Waals surface area contributed by atoms with Crippen molar-refractivity contribution in [2.75, 3.05) is 0 Å². The van der Waals surface area contributed by atoms with Gasteiger partial charge in [-0.05, 0) is 53.1 Å². The number of carbonyl (C=O) groups excluding carboxylic acids is 2.